The third-order valence-corrected chi connectivity index (χ3v) is 4.76. The SMILES string of the molecule is O=C(O)c1ccc(OCO/N=C/c2cc3ccccc3n2Cc2ccccc2)cc1O. The Morgan fingerprint density at radius 2 is 1.77 bits per heavy atom. The van der Waals surface area contributed by atoms with Gasteiger partial charge in [0, 0.05) is 23.5 Å². The Morgan fingerprint density at radius 1 is 1.00 bits per heavy atom. The van der Waals surface area contributed by atoms with E-state index in [1.54, 1.807) is 6.21 Å². The van der Waals surface area contributed by atoms with Crippen LogP contribution in [0.4, 0.5) is 0 Å². The number of rotatable bonds is 8. The fraction of sp³-hybridized carbons (Fsp3) is 0.0833. The van der Waals surface area contributed by atoms with E-state index in [9.17, 15) is 9.90 Å². The van der Waals surface area contributed by atoms with Crippen LogP contribution in [0.25, 0.3) is 10.9 Å². The van der Waals surface area contributed by atoms with Crippen molar-refractivity contribution in [2.24, 2.45) is 5.16 Å². The van der Waals surface area contributed by atoms with Crippen molar-refractivity contribution in [3.8, 4) is 11.5 Å². The zero-order valence-corrected chi connectivity index (χ0v) is 16.5. The fourth-order valence-corrected chi connectivity index (χ4v) is 3.28. The van der Waals surface area contributed by atoms with Crippen molar-refractivity contribution in [1.82, 2.24) is 4.57 Å². The minimum Gasteiger partial charge on any atom is -0.507 e. The molecule has 0 aliphatic rings. The summed E-state index contributed by atoms with van der Waals surface area (Å²) in [4.78, 5) is 16.1. The van der Waals surface area contributed by atoms with Gasteiger partial charge in [-0.25, -0.2) is 4.79 Å². The number of carboxylic acids is 1. The van der Waals surface area contributed by atoms with E-state index in [-0.39, 0.29) is 23.9 Å². The molecule has 3 aromatic carbocycles. The fourth-order valence-electron chi connectivity index (χ4n) is 3.28. The third-order valence-electron chi connectivity index (χ3n) is 4.76. The van der Waals surface area contributed by atoms with Crippen molar-refractivity contribution in [3.05, 3.63) is 95.7 Å². The Bertz CT molecular complexity index is 1230. The lowest BCUT2D eigenvalue weighted by atomic mass is 10.2. The summed E-state index contributed by atoms with van der Waals surface area (Å²) in [6, 6.07) is 24.2. The van der Waals surface area contributed by atoms with Crippen LogP contribution in [0.2, 0.25) is 0 Å². The minimum atomic E-state index is -1.21. The van der Waals surface area contributed by atoms with E-state index < -0.39 is 5.97 Å². The molecule has 31 heavy (non-hydrogen) atoms. The van der Waals surface area contributed by atoms with Crippen molar-refractivity contribution in [2.75, 3.05) is 6.79 Å². The van der Waals surface area contributed by atoms with Crippen molar-refractivity contribution in [2.45, 2.75) is 6.54 Å². The van der Waals surface area contributed by atoms with Gasteiger partial charge in [-0.05, 0) is 29.8 Å². The van der Waals surface area contributed by atoms with E-state index in [1.807, 2.05) is 42.5 Å². The van der Waals surface area contributed by atoms with Crippen molar-refractivity contribution < 1.29 is 24.6 Å². The van der Waals surface area contributed by atoms with Crippen LogP contribution in [0, 0.1) is 0 Å². The zero-order chi connectivity index (χ0) is 21.6. The molecule has 1 heterocycles. The molecule has 0 fully saturated rings. The van der Waals surface area contributed by atoms with E-state index in [1.165, 1.54) is 23.8 Å². The maximum absolute atomic E-state index is 10.9. The van der Waals surface area contributed by atoms with Gasteiger partial charge >= 0.3 is 5.97 Å². The molecule has 0 spiro atoms. The highest BCUT2D eigenvalue weighted by Crippen LogP contribution is 2.24. The van der Waals surface area contributed by atoms with E-state index in [2.05, 4.69) is 27.9 Å². The molecule has 4 aromatic rings. The number of aromatic carboxylic acids is 1. The summed E-state index contributed by atoms with van der Waals surface area (Å²) in [7, 11) is 0. The molecule has 0 radical (unpaired) electrons. The molecule has 156 valence electrons. The maximum atomic E-state index is 10.9. The van der Waals surface area contributed by atoms with Crippen LogP contribution in [0.5, 0.6) is 11.5 Å². The van der Waals surface area contributed by atoms with Crippen molar-refractivity contribution >= 4 is 23.1 Å². The predicted molar refractivity (Wildman–Crippen MR) is 117 cm³/mol. The topological polar surface area (TPSA) is 93.3 Å². The van der Waals surface area contributed by atoms with E-state index in [0.717, 1.165) is 16.6 Å². The standard InChI is InChI=1S/C24H20N2O5/c27-23-13-20(10-11-21(23)24(28)29)30-16-31-25-14-19-12-18-8-4-5-9-22(18)26(19)15-17-6-2-1-3-7-17/h1-14,27H,15-16H2,(H,28,29)/b25-14+. The number of aromatic hydroxyl groups is 1. The average molecular weight is 416 g/mol. The number of carbonyl (C=O) groups is 1. The van der Waals surface area contributed by atoms with Crippen molar-refractivity contribution in [1.29, 1.82) is 0 Å². The van der Waals surface area contributed by atoms with Crippen LogP contribution in [0.3, 0.4) is 0 Å². The highest BCUT2D eigenvalue weighted by Gasteiger charge is 2.10. The predicted octanol–water partition coefficient (Wildman–Crippen LogP) is 4.48. The first-order chi connectivity index (χ1) is 15.1. The normalized spacial score (nSPS) is 11.1. The summed E-state index contributed by atoms with van der Waals surface area (Å²) in [5.74, 6) is -1.31. The van der Waals surface area contributed by atoms with Gasteiger partial charge in [0.2, 0.25) is 0 Å². The number of nitrogens with zero attached hydrogens (tertiary/aromatic N) is 2. The molecule has 4 rings (SSSR count). The summed E-state index contributed by atoms with van der Waals surface area (Å²) in [6.07, 6.45) is 1.62. The van der Waals surface area contributed by atoms with Crippen LogP contribution >= 0.6 is 0 Å². The first kappa shape index (κ1) is 20.0. The second-order valence-electron chi connectivity index (χ2n) is 6.81. The van der Waals surface area contributed by atoms with E-state index in [0.29, 0.717) is 6.54 Å². The molecule has 0 aliphatic carbocycles. The van der Waals surface area contributed by atoms with Crippen LogP contribution in [0.1, 0.15) is 21.6 Å². The molecule has 0 amide bonds. The number of para-hydroxylation sites is 1. The third kappa shape index (κ3) is 4.67. The van der Waals surface area contributed by atoms with Crippen molar-refractivity contribution in [3.63, 3.8) is 0 Å². The molecule has 0 bridgehead atoms. The van der Waals surface area contributed by atoms with Gasteiger partial charge < -0.3 is 24.4 Å². The Hall–Kier alpha value is -4.26. The van der Waals surface area contributed by atoms with Gasteiger partial charge in [-0.1, -0.05) is 53.7 Å². The quantitative estimate of drug-likeness (QED) is 0.191. The number of hydrogen-bond acceptors (Lipinski definition) is 5. The summed E-state index contributed by atoms with van der Waals surface area (Å²) >= 11 is 0. The highest BCUT2D eigenvalue weighted by molar-refractivity contribution is 5.91. The smallest absolute Gasteiger partial charge is 0.339 e. The number of oxime groups is 1. The summed E-state index contributed by atoms with van der Waals surface area (Å²) in [6.45, 7) is 0.503. The van der Waals surface area contributed by atoms with E-state index in [4.69, 9.17) is 14.7 Å². The van der Waals surface area contributed by atoms with Crippen LogP contribution in [0.15, 0.2) is 84.0 Å². The monoisotopic (exact) mass is 416 g/mol. The second kappa shape index (κ2) is 9.04. The molecule has 0 saturated heterocycles. The summed E-state index contributed by atoms with van der Waals surface area (Å²) < 4.78 is 7.50. The lowest BCUT2D eigenvalue weighted by molar-refractivity contribution is 0.0196. The number of ether oxygens (including phenoxy) is 1. The molecule has 2 N–H and O–H groups in total. The van der Waals surface area contributed by atoms with Crippen LogP contribution in [-0.2, 0) is 11.4 Å². The second-order valence-corrected chi connectivity index (χ2v) is 6.81. The first-order valence-electron chi connectivity index (χ1n) is 9.58. The number of aromatic nitrogens is 1. The Labute approximate surface area is 178 Å². The molecule has 0 aliphatic heterocycles. The zero-order valence-electron chi connectivity index (χ0n) is 16.5. The summed E-state index contributed by atoms with van der Waals surface area (Å²) in [5, 5.41) is 23.7. The first-order valence-corrected chi connectivity index (χ1v) is 9.58. The summed E-state index contributed by atoms with van der Waals surface area (Å²) in [5.41, 5.74) is 2.96. The minimum absolute atomic E-state index is 0.193. The lowest BCUT2D eigenvalue weighted by Gasteiger charge is -2.09. The van der Waals surface area contributed by atoms with Gasteiger partial charge in [0.25, 0.3) is 6.79 Å². The lowest BCUT2D eigenvalue weighted by Crippen LogP contribution is -2.05. The molecule has 7 nitrogen and oxygen atoms in total. The number of phenols is 1. The molecular formula is C24H20N2O5. The average Bonchev–Trinajstić information content (AvgIpc) is 3.11. The molecule has 7 heteroatoms. The molecule has 0 saturated carbocycles. The number of hydrogen-bond donors (Lipinski definition) is 2. The van der Waals surface area contributed by atoms with Gasteiger partial charge in [0.1, 0.15) is 17.1 Å². The van der Waals surface area contributed by atoms with Gasteiger partial charge in [0.05, 0.1) is 11.9 Å². The Morgan fingerprint density at radius 3 is 2.55 bits per heavy atom. The number of fused-ring (bicyclic) bond motifs is 1. The van der Waals surface area contributed by atoms with Gasteiger partial charge in [-0.3, -0.25) is 0 Å². The van der Waals surface area contributed by atoms with E-state index >= 15 is 0 Å². The van der Waals surface area contributed by atoms with Gasteiger partial charge in [0.15, 0.2) is 0 Å². The molecule has 1 aromatic heterocycles. The Balaban J connectivity index is 1.44. The van der Waals surface area contributed by atoms with Crippen LogP contribution in [-0.4, -0.2) is 33.8 Å². The Kier molecular flexibility index (Phi) is 5.84. The molecular weight excluding hydrogens is 396 g/mol. The number of benzene rings is 3. The van der Waals surface area contributed by atoms with Gasteiger partial charge in [-0.15, -0.1) is 0 Å². The molecule has 0 atom stereocenters. The van der Waals surface area contributed by atoms with Gasteiger partial charge in [-0.2, -0.15) is 0 Å². The molecule has 0 unspecified atom stereocenters. The number of carboxylic acid groups (broad SMARTS) is 1. The van der Waals surface area contributed by atoms with Crippen LogP contribution < -0.4 is 4.74 Å². The maximum Gasteiger partial charge on any atom is 0.339 e. The highest BCUT2D eigenvalue weighted by atomic mass is 16.7. The largest absolute Gasteiger partial charge is 0.507 e.